The van der Waals surface area contributed by atoms with Gasteiger partial charge in [0.05, 0.1) is 19.3 Å². The van der Waals surface area contributed by atoms with Gasteiger partial charge in [-0.15, -0.1) is 0 Å². The molecule has 134 valence electrons. The Balaban J connectivity index is 0.000000187. The predicted octanol–water partition coefficient (Wildman–Crippen LogP) is 2.36. The molecule has 3 aliphatic rings. The predicted molar refractivity (Wildman–Crippen MR) is 62.2 cm³/mol. The number of ether oxygens (including phenoxy) is 4. The van der Waals surface area contributed by atoms with Crippen molar-refractivity contribution in [2.24, 2.45) is 0 Å². The molecule has 0 saturated carbocycles. The largest absolute Gasteiger partial charge is 0.460 e. The third-order valence-electron chi connectivity index (χ3n) is 2.45. The van der Waals surface area contributed by atoms with Gasteiger partial charge in [-0.25, -0.2) is 4.79 Å². The normalized spacial score (nSPS) is 32.3. The van der Waals surface area contributed by atoms with E-state index in [-0.39, 0.29) is 12.1 Å². The molecule has 0 amide bonds. The van der Waals surface area contributed by atoms with E-state index in [1.165, 1.54) is 0 Å². The van der Waals surface area contributed by atoms with Crippen LogP contribution in [0.3, 0.4) is 0 Å². The molecule has 23 heavy (non-hydrogen) atoms. The monoisotopic (exact) mass is 352 g/mol. The van der Waals surface area contributed by atoms with Gasteiger partial charge >= 0.3 is 24.1 Å². The maximum atomic E-state index is 11.7. The van der Waals surface area contributed by atoms with Gasteiger partial charge in [0.2, 0.25) is 0 Å². The summed E-state index contributed by atoms with van der Waals surface area (Å²) in [6, 6.07) is 0. The number of hydrogen-bond donors (Lipinski definition) is 0. The number of carbonyl (C=O) groups excluding carboxylic acids is 1. The molecule has 11 heteroatoms. The molecule has 0 aromatic rings. The van der Waals surface area contributed by atoms with E-state index in [9.17, 15) is 31.1 Å². The van der Waals surface area contributed by atoms with Crippen LogP contribution >= 0.6 is 0 Å². The molecule has 0 aromatic carbocycles. The Hall–Kier alpha value is -1.33. The minimum absolute atomic E-state index is 0.147. The first-order valence-corrected chi connectivity index (χ1v) is 6.29. The Morgan fingerprint density at radius 3 is 1.91 bits per heavy atom. The van der Waals surface area contributed by atoms with E-state index in [0.717, 1.165) is 12.7 Å². The topological polar surface area (TPSA) is 63.9 Å². The molecule has 0 aliphatic carbocycles. The summed E-state index contributed by atoms with van der Waals surface area (Å²) in [6.07, 6.45) is -8.49. The van der Waals surface area contributed by atoms with Crippen molar-refractivity contribution in [3.05, 3.63) is 12.7 Å². The summed E-state index contributed by atoms with van der Waals surface area (Å²) >= 11 is 0. The molecular weight excluding hydrogens is 338 g/mol. The first-order chi connectivity index (χ1) is 10.4. The summed E-state index contributed by atoms with van der Waals surface area (Å²) in [5.74, 6) is -5.13. The van der Waals surface area contributed by atoms with Gasteiger partial charge in [-0.1, -0.05) is 6.58 Å². The molecular formula is C12H14F6O5. The number of halogens is 6. The van der Waals surface area contributed by atoms with E-state index in [1.807, 2.05) is 0 Å². The molecule has 5 nitrogen and oxygen atoms in total. The second-order valence-electron chi connectivity index (χ2n) is 4.65. The summed E-state index contributed by atoms with van der Waals surface area (Å²) in [7, 11) is 0. The molecule has 3 rings (SSSR count). The second-order valence-corrected chi connectivity index (χ2v) is 4.65. The maximum absolute atomic E-state index is 11.7. The van der Waals surface area contributed by atoms with Crippen LogP contribution in [-0.2, 0) is 23.7 Å². The van der Waals surface area contributed by atoms with Crippen molar-refractivity contribution < 1.29 is 50.1 Å². The second kappa shape index (κ2) is 7.05. The van der Waals surface area contributed by atoms with Crippen molar-refractivity contribution in [3.8, 4) is 0 Å². The highest BCUT2D eigenvalue weighted by molar-refractivity contribution is 5.81. The molecule has 3 fully saturated rings. The van der Waals surface area contributed by atoms with E-state index in [0.29, 0.717) is 19.3 Å². The lowest BCUT2D eigenvalue weighted by Crippen LogP contribution is -2.32. The number of epoxide rings is 3. The van der Waals surface area contributed by atoms with Gasteiger partial charge in [0.1, 0.15) is 12.7 Å². The zero-order valence-electron chi connectivity index (χ0n) is 11.9. The SMILES string of the molecule is C=CC(=O)OCC1CO1.CC1CO1.FC(F)(F)C1(F)OC1(F)F. The van der Waals surface area contributed by atoms with Gasteiger partial charge in [0, 0.05) is 6.08 Å². The third kappa shape index (κ3) is 6.36. The van der Waals surface area contributed by atoms with Gasteiger partial charge < -0.3 is 14.2 Å². The Bertz CT molecular complexity index is 432. The summed E-state index contributed by atoms with van der Waals surface area (Å²) in [4.78, 5) is 10.3. The molecule has 0 N–H and O–H groups in total. The standard InChI is InChI=1S/C6H8O3.C3F6O.C3H6O/c1-2-6(7)9-4-5-3-8-5;4-1(2(5,6)7)3(8,9)10-1;1-3-2-4-3/h2,5H,1,3-4H2;;3H,2H2,1H3. The van der Waals surface area contributed by atoms with Gasteiger partial charge in [-0.2, -0.15) is 26.3 Å². The molecule has 3 heterocycles. The van der Waals surface area contributed by atoms with Crippen LogP contribution in [-0.4, -0.2) is 56.1 Å². The highest BCUT2D eigenvalue weighted by Gasteiger charge is 2.90. The lowest BCUT2D eigenvalue weighted by atomic mass is 10.4. The van der Waals surface area contributed by atoms with Crippen LogP contribution in [0.15, 0.2) is 12.7 Å². The van der Waals surface area contributed by atoms with Crippen LogP contribution in [0.5, 0.6) is 0 Å². The number of esters is 1. The fraction of sp³-hybridized carbons (Fsp3) is 0.750. The maximum Gasteiger partial charge on any atom is 0.458 e. The van der Waals surface area contributed by atoms with E-state index in [1.54, 1.807) is 0 Å². The van der Waals surface area contributed by atoms with Crippen LogP contribution in [0.2, 0.25) is 0 Å². The van der Waals surface area contributed by atoms with Gasteiger partial charge in [-0.05, 0) is 6.92 Å². The molecule has 3 atom stereocenters. The summed E-state index contributed by atoms with van der Waals surface area (Å²) in [5.41, 5.74) is 0. The zero-order chi connectivity index (χ0) is 17.9. The summed E-state index contributed by atoms with van der Waals surface area (Å²) < 4.78 is 84.5. The van der Waals surface area contributed by atoms with E-state index >= 15 is 0 Å². The molecule has 0 bridgehead atoms. The van der Waals surface area contributed by atoms with Gasteiger partial charge in [-0.3, -0.25) is 4.74 Å². The first-order valence-electron chi connectivity index (χ1n) is 6.29. The van der Waals surface area contributed by atoms with Crippen LogP contribution in [0.1, 0.15) is 6.92 Å². The zero-order valence-corrected chi connectivity index (χ0v) is 11.9. The van der Waals surface area contributed by atoms with Crippen molar-refractivity contribution in [1.82, 2.24) is 0 Å². The lowest BCUT2D eigenvalue weighted by molar-refractivity contribution is -0.231. The van der Waals surface area contributed by atoms with Gasteiger partial charge in [0.15, 0.2) is 0 Å². The highest BCUT2D eigenvalue weighted by atomic mass is 19.4. The van der Waals surface area contributed by atoms with Crippen LogP contribution < -0.4 is 0 Å². The van der Waals surface area contributed by atoms with Crippen LogP contribution in [0, 0.1) is 0 Å². The van der Waals surface area contributed by atoms with Crippen molar-refractivity contribution in [3.63, 3.8) is 0 Å². The quantitative estimate of drug-likeness (QED) is 0.338. The molecule has 0 radical (unpaired) electrons. The minimum atomic E-state index is -5.66. The number of hydrogen-bond acceptors (Lipinski definition) is 5. The third-order valence-corrected chi connectivity index (χ3v) is 2.45. The molecule has 3 unspecified atom stereocenters. The lowest BCUT2D eigenvalue weighted by Gasteiger charge is -2.04. The molecule has 0 aromatic heterocycles. The smallest absolute Gasteiger partial charge is 0.458 e. The van der Waals surface area contributed by atoms with Crippen molar-refractivity contribution in [2.45, 2.75) is 37.3 Å². The number of carbonyl (C=O) groups is 1. The number of alkyl halides is 6. The van der Waals surface area contributed by atoms with Crippen molar-refractivity contribution in [1.29, 1.82) is 0 Å². The Kier molecular flexibility index (Phi) is 6.05. The Morgan fingerprint density at radius 2 is 1.74 bits per heavy atom. The van der Waals surface area contributed by atoms with Crippen molar-refractivity contribution >= 4 is 5.97 Å². The van der Waals surface area contributed by atoms with Crippen LogP contribution in [0.25, 0.3) is 0 Å². The van der Waals surface area contributed by atoms with E-state index in [2.05, 4.69) is 23.0 Å². The van der Waals surface area contributed by atoms with E-state index < -0.39 is 18.1 Å². The highest BCUT2D eigenvalue weighted by Crippen LogP contribution is 2.60. The summed E-state index contributed by atoms with van der Waals surface area (Å²) in [5, 5.41) is 0. The Labute approximate surface area is 127 Å². The fourth-order valence-corrected chi connectivity index (χ4v) is 0.868. The summed E-state index contributed by atoms with van der Waals surface area (Å²) in [6.45, 7) is 7.36. The van der Waals surface area contributed by atoms with Crippen molar-refractivity contribution in [2.75, 3.05) is 19.8 Å². The average molecular weight is 352 g/mol. The number of rotatable bonds is 3. The fourth-order valence-electron chi connectivity index (χ4n) is 0.868. The molecule has 3 saturated heterocycles. The minimum Gasteiger partial charge on any atom is -0.460 e. The van der Waals surface area contributed by atoms with Gasteiger partial charge in [0.25, 0.3) is 0 Å². The van der Waals surface area contributed by atoms with Crippen LogP contribution in [0.4, 0.5) is 26.3 Å². The molecule has 0 spiro atoms. The molecule has 3 aliphatic heterocycles. The average Bonchev–Trinajstić information content (AvgIpc) is 3.29. The Morgan fingerprint density at radius 1 is 1.30 bits per heavy atom. The van der Waals surface area contributed by atoms with E-state index in [4.69, 9.17) is 9.47 Å². The first kappa shape index (κ1) is 19.7.